The molecule has 1 aromatic rings. The fourth-order valence-electron chi connectivity index (χ4n) is 1.79. The van der Waals surface area contributed by atoms with E-state index >= 15 is 0 Å². The summed E-state index contributed by atoms with van der Waals surface area (Å²) in [6.45, 7) is 4.74. The van der Waals surface area contributed by atoms with Crippen molar-refractivity contribution in [2.45, 2.75) is 13.5 Å². The molecule has 0 spiro atoms. The molecule has 1 heterocycles. The first-order valence-corrected chi connectivity index (χ1v) is 6.48. The molecule has 0 amide bonds. The Morgan fingerprint density at radius 1 is 1.39 bits per heavy atom. The molecule has 1 aliphatic rings. The number of fused-ring (bicyclic) bond motifs is 1. The lowest BCUT2D eigenvalue weighted by Gasteiger charge is -2.20. The molecular formula is C13H18ClNO3. The van der Waals surface area contributed by atoms with Crippen molar-refractivity contribution in [2.24, 2.45) is 5.92 Å². The summed E-state index contributed by atoms with van der Waals surface area (Å²) in [6, 6.07) is 3.82. The van der Waals surface area contributed by atoms with Crippen LogP contribution in [0.2, 0.25) is 5.02 Å². The highest BCUT2D eigenvalue weighted by atomic mass is 35.5. The molecule has 18 heavy (non-hydrogen) atoms. The minimum atomic E-state index is 0.189. The van der Waals surface area contributed by atoms with Crippen LogP contribution in [0.15, 0.2) is 12.1 Å². The molecule has 0 aliphatic carbocycles. The standard InChI is InChI=1S/C13H18ClNO3/c1-9(8-16)6-15-7-10-4-11(14)13-12(5-10)17-2-3-18-13/h4-5,9,15-16H,2-3,6-8H2,1H3. The van der Waals surface area contributed by atoms with E-state index in [9.17, 15) is 0 Å². The van der Waals surface area contributed by atoms with Crippen molar-refractivity contribution in [3.8, 4) is 11.5 Å². The molecule has 5 heteroatoms. The molecule has 1 aromatic carbocycles. The second kappa shape index (κ2) is 6.27. The normalized spacial score (nSPS) is 15.5. The number of halogens is 1. The van der Waals surface area contributed by atoms with Gasteiger partial charge in [0, 0.05) is 19.7 Å². The maximum absolute atomic E-state index is 8.94. The first kappa shape index (κ1) is 13.5. The number of rotatable bonds is 5. The van der Waals surface area contributed by atoms with Gasteiger partial charge in [0.1, 0.15) is 13.2 Å². The van der Waals surface area contributed by atoms with Gasteiger partial charge in [-0.3, -0.25) is 0 Å². The van der Waals surface area contributed by atoms with Crippen LogP contribution in [-0.2, 0) is 6.54 Å². The molecule has 0 saturated heterocycles. The van der Waals surface area contributed by atoms with Crippen molar-refractivity contribution >= 4 is 11.6 Å². The second-order valence-corrected chi connectivity index (χ2v) is 4.93. The van der Waals surface area contributed by atoms with Crippen molar-refractivity contribution in [1.82, 2.24) is 5.32 Å². The van der Waals surface area contributed by atoms with Crippen LogP contribution in [0, 0.1) is 5.92 Å². The van der Waals surface area contributed by atoms with E-state index in [4.69, 9.17) is 26.2 Å². The molecular weight excluding hydrogens is 254 g/mol. The minimum absolute atomic E-state index is 0.189. The Bertz CT molecular complexity index is 411. The maximum atomic E-state index is 8.94. The quantitative estimate of drug-likeness (QED) is 0.858. The number of aliphatic hydroxyl groups excluding tert-OH is 1. The van der Waals surface area contributed by atoms with Gasteiger partial charge in [0.25, 0.3) is 0 Å². The Labute approximate surface area is 112 Å². The number of benzene rings is 1. The summed E-state index contributed by atoms with van der Waals surface area (Å²) in [7, 11) is 0. The summed E-state index contributed by atoms with van der Waals surface area (Å²) in [6.07, 6.45) is 0. The zero-order valence-corrected chi connectivity index (χ0v) is 11.2. The van der Waals surface area contributed by atoms with E-state index in [1.807, 2.05) is 19.1 Å². The smallest absolute Gasteiger partial charge is 0.179 e. The van der Waals surface area contributed by atoms with Crippen LogP contribution >= 0.6 is 11.6 Å². The molecule has 2 rings (SSSR count). The monoisotopic (exact) mass is 271 g/mol. The fourth-order valence-corrected chi connectivity index (χ4v) is 2.08. The van der Waals surface area contributed by atoms with E-state index < -0.39 is 0 Å². The van der Waals surface area contributed by atoms with Crippen molar-refractivity contribution in [1.29, 1.82) is 0 Å². The van der Waals surface area contributed by atoms with E-state index in [0.717, 1.165) is 12.1 Å². The first-order chi connectivity index (χ1) is 8.70. The van der Waals surface area contributed by atoms with Gasteiger partial charge in [0.2, 0.25) is 0 Å². The molecule has 100 valence electrons. The summed E-state index contributed by atoms with van der Waals surface area (Å²) < 4.78 is 11.0. The molecule has 4 nitrogen and oxygen atoms in total. The highest BCUT2D eigenvalue weighted by molar-refractivity contribution is 6.32. The Kier molecular flexibility index (Phi) is 4.69. The van der Waals surface area contributed by atoms with Gasteiger partial charge in [-0.15, -0.1) is 0 Å². The van der Waals surface area contributed by atoms with Crippen LogP contribution in [0.3, 0.4) is 0 Å². The van der Waals surface area contributed by atoms with Crippen LogP contribution < -0.4 is 14.8 Å². The third kappa shape index (κ3) is 3.28. The lowest BCUT2D eigenvalue weighted by molar-refractivity contribution is 0.171. The third-order valence-corrected chi connectivity index (χ3v) is 3.07. The summed E-state index contributed by atoms with van der Waals surface area (Å²) in [4.78, 5) is 0. The lowest BCUT2D eigenvalue weighted by atomic mass is 10.1. The molecule has 1 atom stereocenters. The van der Waals surface area contributed by atoms with Crippen LogP contribution in [0.4, 0.5) is 0 Å². The minimum Gasteiger partial charge on any atom is -0.486 e. The summed E-state index contributed by atoms with van der Waals surface area (Å²) in [5, 5.41) is 12.8. The van der Waals surface area contributed by atoms with E-state index in [2.05, 4.69) is 5.32 Å². The molecule has 2 N–H and O–H groups in total. The topological polar surface area (TPSA) is 50.7 Å². The summed E-state index contributed by atoms with van der Waals surface area (Å²) in [5.41, 5.74) is 1.05. The number of hydrogen-bond donors (Lipinski definition) is 2. The Balaban J connectivity index is 1.99. The van der Waals surface area contributed by atoms with Crippen LogP contribution in [0.25, 0.3) is 0 Å². The molecule has 0 bridgehead atoms. The predicted molar refractivity (Wildman–Crippen MR) is 70.4 cm³/mol. The average Bonchev–Trinajstić information content (AvgIpc) is 2.38. The molecule has 1 unspecified atom stereocenters. The lowest BCUT2D eigenvalue weighted by Crippen LogP contribution is -2.23. The Morgan fingerprint density at radius 3 is 2.94 bits per heavy atom. The van der Waals surface area contributed by atoms with Crippen molar-refractivity contribution in [3.63, 3.8) is 0 Å². The van der Waals surface area contributed by atoms with Crippen molar-refractivity contribution in [3.05, 3.63) is 22.7 Å². The van der Waals surface area contributed by atoms with E-state index in [1.165, 1.54) is 0 Å². The highest BCUT2D eigenvalue weighted by Gasteiger charge is 2.16. The molecule has 0 aromatic heterocycles. The predicted octanol–water partition coefficient (Wildman–Crippen LogP) is 1.83. The van der Waals surface area contributed by atoms with E-state index in [0.29, 0.717) is 36.3 Å². The average molecular weight is 272 g/mol. The molecule has 0 saturated carbocycles. The SMILES string of the molecule is CC(CO)CNCc1cc(Cl)c2c(c1)OCCO2. The summed E-state index contributed by atoms with van der Waals surface area (Å²) in [5.74, 6) is 1.59. The Morgan fingerprint density at radius 2 is 2.17 bits per heavy atom. The third-order valence-electron chi connectivity index (χ3n) is 2.79. The van der Waals surface area contributed by atoms with Crippen molar-refractivity contribution < 1.29 is 14.6 Å². The number of aliphatic hydroxyl groups is 1. The zero-order chi connectivity index (χ0) is 13.0. The van der Waals surface area contributed by atoms with Crippen LogP contribution in [0.1, 0.15) is 12.5 Å². The largest absolute Gasteiger partial charge is 0.486 e. The van der Waals surface area contributed by atoms with Crippen LogP contribution in [-0.4, -0.2) is 31.5 Å². The molecule has 0 fully saturated rings. The van der Waals surface area contributed by atoms with Gasteiger partial charge < -0.3 is 19.9 Å². The van der Waals surface area contributed by atoms with Gasteiger partial charge in [-0.2, -0.15) is 0 Å². The van der Waals surface area contributed by atoms with Gasteiger partial charge in [-0.05, 0) is 23.6 Å². The first-order valence-electron chi connectivity index (χ1n) is 6.10. The summed E-state index contributed by atoms with van der Waals surface area (Å²) >= 11 is 6.14. The van der Waals surface area contributed by atoms with E-state index in [1.54, 1.807) is 0 Å². The van der Waals surface area contributed by atoms with Gasteiger partial charge in [0.05, 0.1) is 5.02 Å². The van der Waals surface area contributed by atoms with Gasteiger partial charge in [-0.1, -0.05) is 18.5 Å². The zero-order valence-electron chi connectivity index (χ0n) is 10.4. The fraction of sp³-hybridized carbons (Fsp3) is 0.538. The molecule has 0 radical (unpaired) electrons. The Hall–Kier alpha value is -0.970. The van der Waals surface area contributed by atoms with Crippen LogP contribution in [0.5, 0.6) is 11.5 Å². The van der Waals surface area contributed by atoms with Gasteiger partial charge in [-0.25, -0.2) is 0 Å². The van der Waals surface area contributed by atoms with E-state index in [-0.39, 0.29) is 12.5 Å². The number of hydrogen-bond acceptors (Lipinski definition) is 4. The maximum Gasteiger partial charge on any atom is 0.179 e. The van der Waals surface area contributed by atoms with Crippen molar-refractivity contribution in [2.75, 3.05) is 26.4 Å². The van der Waals surface area contributed by atoms with Gasteiger partial charge >= 0.3 is 0 Å². The number of ether oxygens (including phenoxy) is 2. The number of nitrogens with one attached hydrogen (secondary N) is 1. The molecule has 1 aliphatic heterocycles. The van der Waals surface area contributed by atoms with Gasteiger partial charge in [0.15, 0.2) is 11.5 Å². The highest BCUT2D eigenvalue weighted by Crippen LogP contribution is 2.38. The second-order valence-electron chi connectivity index (χ2n) is 4.52.